The second-order valence-corrected chi connectivity index (χ2v) is 11.4. The molecule has 1 saturated heterocycles. The van der Waals surface area contributed by atoms with Crippen molar-refractivity contribution < 1.29 is 9.18 Å². The molecule has 1 N–H and O–H groups in total. The van der Waals surface area contributed by atoms with Crippen molar-refractivity contribution in [1.29, 1.82) is 0 Å². The molecule has 0 aliphatic carbocycles. The number of anilines is 1. The number of fused-ring (bicyclic) bond motifs is 2. The Balaban J connectivity index is 1.64. The van der Waals surface area contributed by atoms with Crippen molar-refractivity contribution in [2.45, 2.75) is 30.7 Å². The standard InChI is InChI=1S/C30H29Cl2FN4O/c1-18-6-8-22(33)16-23(18)28-30(24-9-7-21(32)15-26(24)34-29(30)38)25(19-4-3-5-20(31)14-19)17-27(35-28)37-12-10-36(2)11-13-37/h3-9,14-16,25,28H,10-13,17H2,1-2H3,(H,34,38)/t25-,28?,30?/m1/s1. The van der Waals surface area contributed by atoms with Gasteiger partial charge in [0.1, 0.15) is 17.1 Å². The number of nitrogens with one attached hydrogen (secondary N) is 1. The van der Waals surface area contributed by atoms with Gasteiger partial charge < -0.3 is 15.1 Å². The summed E-state index contributed by atoms with van der Waals surface area (Å²) in [7, 11) is 2.12. The fraction of sp³-hybridized carbons (Fsp3) is 0.333. The highest BCUT2D eigenvalue weighted by Gasteiger charge is 2.60. The molecule has 3 aliphatic rings. The predicted octanol–water partition coefficient (Wildman–Crippen LogP) is 6.21. The molecule has 1 spiro atoms. The first kappa shape index (κ1) is 25.4. The Morgan fingerprint density at radius 2 is 1.76 bits per heavy atom. The number of benzene rings is 3. The summed E-state index contributed by atoms with van der Waals surface area (Å²) in [6.07, 6.45) is 0.560. The number of aryl methyl sites for hydroxylation is 1. The summed E-state index contributed by atoms with van der Waals surface area (Å²) >= 11 is 12.9. The van der Waals surface area contributed by atoms with Gasteiger partial charge in [-0.25, -0.2) is 4.39 Å². The quantitative estimate of drug-likeness (QED) is 0.413. The van der Waals surface area contributed by atoms with Crippen molar-refractivity contribution in [2.24, 2.45) is 4.99 Å². The molecule has 3 atom stereocenters. The van der Waals surface area contributed by atoms with Gasteiger partial charge >= 0.3 is 0 Å². The Hall–Kier alpha value is -2.93. The van der Waals surface area contributed by atoms with Crippen LogP contribution in [-0.2, 0) is 10.2 Å². The average molecular weight is 551 g/mol. The maximum atomic E-state index is 14.8. The van der Waals surface area contributed by atoms with Gasteiger partial charge in [0.25, 0.3) is 0 Å². The van der Waals surface area contributed by atoms with Gasteiger partial charge in [-0.05, 0) is 72.6 Å². The Kier molecular flexibility index (Phi) is 6.45. The van der Waals surface area contributed by atoms with Crippen molar-refractivity contribution in [3.63, 3.8) is 0 Å². The van der Waals surface area contributed by atoms with Crippen molar-refractivity contribution >= 4 is 40.6 Å². The van der Waals surface area contributed by atoms with Gasteiger partial charge in [-0.15, -0.1) is 0 Å². The van der Waals surface area contributed by atoms with Crippen LogP contribution in [-0.4, -0.2) is 54.8 Å². The van der Waals surface area contributed by atoms with Crippen molar-refractivity contribution in [3.8, 4) is 0 Å². The number of hydrogen-bond acceptors (Lipinski definition) is 4. The molecule has 1 fully saturated rings. The molecule has 196 valence electrons. The number of halogens is 3. The lowest BCUT2D eigenvalue weighted by Crippen LogP contribution is -2.53. The minimum Gasteiger partial charge on any atom is -0.358 e. The van der Waals surface area contributed by atoms with E-state index in [1.807, 2.05) is 43.3 Å². The van der Waals surface area contributed by atoms with Gasteiger partial charge in [0.15, 0.2) is 0 Å². The molecule has 0 bridgehead atoms. The number of hydrogen-bond donors (Lipinski definition) is 1. The van der Waals surface area contributed by atoms with Gasteiger partial charge in [-0.3, -0.25) is 9.79 Å². The second kappa shape index (κ2) is 9.67. The van der Waals surface area contributed by atoms with Crippen molar-refractivity contribution in [3.05, 3.63) is 98.8 Å². The molecule has 8 heteroatoms. The van der Waals surface area contributed by atoms with Gasteiger partial charge in [-0.1, -0.05) is 47.5 Å². The Labute approximate surface area is 232 Å². The zero-order chi connectivity index (χ0) is 26.6. The summed E-state index contributed by atoms with van der Waals surface area (Å²) in [5, 5.41) is 4.25. The van der Waals surface area contributed by atoms with Crippen LogP contribution >= 0.6 is 23.2 Å². The number of rotatable bonds is 2. The molecule has 0 aromatic heterocycles. The van der Waals surface area contributed by atoms with Crippen LogP contribution in [0, 0.1) is 12.7 Å². The number of aliphatic imine (C=N–C) groups is 1. The largest absolute Gasteiger partial charge is 0.358 e. The van der Waals surface area contributed by atoms with E-state index in [9.17, 15) is 9.18 Å². The molecular formula is C30H29Cl2FN4O. The topological polar surface area (TPSA) is 47.9 Å². The van der Waals surface area contributed by atoms with Crippen LogP contribution in [0.3, 0.4) is 0 Å². The molecule has 6 rings (SSSR count). The maximum absolute atomic E-state index is 14.8. The van der Waals surface area contributed by atoms with E-state index >= 15 is 0 Å². The molecule has 3 aliphatic heterocycles. The lowest BCUT2D eigenvalue weighted by atomic mass is 9.59. The minimum atomic E-state index is -1.11. The fourth-order valence-corrected chi connectivity index (χ4v) is 6.75. The van der Waals surface area contributed by atoms with Gasteiger partial charge in [-0.2, -0.15) is 0 Å². The van der Waals surface area contributed by atoms with Crippen LogP contribution in [0.5, 0.6) is 0 Å². The highest BCUT2D eigenvalue weighted by Crippen LogP contribution is 2.59. The number of carbonyl (C=O) groups is 1. The summed E-state index contributed by atoms with van der Waals surface area (Å²) in [6, 6.07) is 17.4. The van der Waals surface area contributed by atoms with Crippen LogP contribution in [0.25, 0.3) is 0 Å². The monoisotopic (exact) mass is 550 g/mol. The highest BCUT2D eigenvalue weighted by molar-refractivity contribution is 6.31. The molecule has 0 saturated carbocycles. The van der Waals surface area contributed by atoms with E-state index in [2.05, 4.69) is 22.2 Å². The van der Waals surface area contributed by atoms with Crippen molar-refractivity contribution in [1.82, 2.24) is 9.80 Å². The van der Waals surface area contributed by atoms with Crippen LogP contribution in [0.2, 0.25) is 10.0 Å². The van der Waals surface area contributed by atoms with Crippen LogP contribution in [0.15, 0.2) is 65.7 Å². The second-order valence-electron chi connectivity index (χ2n) is 10.6. The summed E-state index contributed by atoms with van der Waals surface area (Å²) < 4.78 is 14.8. The first-order valence-electron chi connectivity index (χ1n) is 12.9. The Bertz CT molecular complexity index is 1450. The van der Waals surface area contributed by atoms with E-state index < -0.39 is 11.5 Å². The molecule has 3 heterocycles. The van der Waals surface area contributed by atoms with Gasteiger partial charge in [0.2, 0.25) is 5.91 Å². The van der Waals surface area contributed by atoms with Crippen LogP contribution < -0.4 is 5.32 Å². The molecule has 3 aromatic rings. The third kappa shape index (κ3) is 4.10. The number of amides is 1. The van der Waals surface area contributed by atoms with E-state index in [0.717, 1.165) is 48.7 Å². The number of amidine groups is 1. The lowest BCUT2D eigenvalue weighted by molar-refractivity contribution is -0.122. The molecule has 38 heavy (non-hydrogen) atoms. The van der Waals surface area contributed by atoms with E-state index in [0.29, 0.717) is 27.7 Å². The third-order valence-electron chi connectivity index (χ3n) is 8.35. The van der Waals surface area contributed by atoms with Gasteiger partial charge in [0, 0.05) is 54.3 Å². The molecule has 5 nitrogen and oxygen atoms in total. The van der Waals surface area contributed by atoms with E-state index in [-0.39, 0.29) is 17.6 Å². The summed E-state index contributed by atoms with van der Waals surface area (Å²) in [4.78, 5) is 24.3. The van der Waals surface area contributed by atoms with E-state index in [1.165, 1.54) is 12.1 Å². The number of carbonyl (C=O) groups excluding carboxylic acids is 1. The summed E-state index contributed by atoms with van der Waals surface area (Å²) in [5.74, 6) is 0.146. The first-order valence-corrected chi connectivity index (χ1v) is 13.7. The molecule has 3 aromatic carbocycles. The fourth-order valence-electron chi connectivity index (χ4n) is 6.38. The smallest absolute Gasteiger partial charge is 0.238 e. The van der Waals surface area contributed by atoms with E-state index in [4.69, 9.17) is 28.2 Å². The summed E-state index contributed by atoms with van der Waals surface area (Å²) in [6.45, 7) is 5.50. The van der Waals surface area contributed by atoms with Crippen molar-refractivity contribution in [2.75, 3.05) is 38.5 Å². The normalized spacial score (nSPS) is 25.3. The molecule has 0 radical (unpaired) electrons. The zero-order valence-corrected chi connectivity index (χ0v) is 22.9. The third-order valence-corrected chi connectivity index (χ3v) is 8.82. The van der Waals surface area contributed by atoms with Crippen LogP contribution in [0.1, 0.15) is 40.6 Å². The van der Waals surface area contributed by atoms with E-state index in [1.54, 1.807) is 12.1 Å². The van der Waals surface area contributed by atoms with Gasteiger partial charge in [0.05, 0.1) is 6.04 Å². The number of likely N-dealkylation sites (N-methyl/N-ethyl adjacent to an activating group) is 1. The minimum absolute atomic E-state index is 0.158. The average Bonchev–Trinajstić information content (AvgIpc) is 3.17. The SMILES string of the molecule is Cc1ccc(F)cc1C1N=C(N2CCN(C)CC2)C[C@H](c2cccc(Cl)c2)C12C(=O)Nc1cc(Cl)ccc12. The molecule has 1 amide bonds. The maximum Gasteiger partial charge on any atom is 0.238 e. The zero-order valence-electron chi connectivity index (χ0n) is 21.3. The Morgan fingerprint density at radius 3 is 2.53 bits per heavy atom. The first-order chi connectivity index (χ1) is 18.3. The van der Waals surface area contributed by atoms with Crippen LogP contribution in [0.4, 0.5) is 10.1 Å². The number of piperazine rings is 1. The lowest BCUT2D eigenvalue weighted by Gasteiger charge is -2.47. The summed E-state index contributed by atoms with van der Waals surface area (Å²) in [5.41, 5.74) is 2.94. The predicted molar refractivity (Wildman–Crippen MR) is 151 cm³/mol. The molecule has 2 unspecified atom stereocenters. The number of nitrogens with zero attached hydrogens (tertiary/aromatic N) is 3. The molecular weight excluding hydrogens is 522 g/mol. The Morgan fingerprint density at radius 1 is 1.00 bits per heavy atom. The highest BCUT2D eigenvalue weighted by atomic mass is 35.5.